The zero-order chi connectivity index (χ0) is 18.9. The highest BCUT2D eigenvalue weighted by Gasteiger charge is 2.33. The van der Waals surface area contributed by atoms with Crippen molar-refractivity contribution in [1.29, 1.82) is 0 Å². The number of amides is 1. The van der Waals surface area contributed by atoms with Gasteiger partial charge in [0, 0.05) is 27.2 Å². The second-order valence-electron chi connectivity index (χ2n) is 4.92. The van der Waals surface area contributed by atoms with Gasteiger partial charge in [-0.05, 0) is 17.7 Å². The van der Waals surface area contributed by atoms with E-state index < -0.39 is 17.6 Å². The molecule has 0 bridgehead atoms. The van der Waals surface area contributed by atoms with Crippen molar-refractivity contribution < 1.29 is 27.1 Å². The maximum absolute atomic E-state index is 13.1. The lowest BCUT2D eigenvalue weighted by Crippen LogP contribution is -2.43. The van der Waals surface area contributed by atoms with Gasteiger partial charge in [-0.25, -0.2) is 4.39 Å². The maximum Gasteiger partial charge on any atom is 0.416 e. The second kappa shape index (κ2) is 9.82. The molecule has 1 aromatic rings. The number of aliphatic imine (C=N–C) groups is 1. The van der Waals surface area contributed by atoms with E-state index in [-0.39, 0.29) is 30.5 Å². The first-order chi connectivity index (χ1) is 11.8. The molecule has 6 nitrogen and oxygen atoms in total. The molecule has 0 spiro atoms. The van der Waals surface area contributed by atoms with E-state index in [2.05, 4.69) is 20.9 Å². The Labute approximate surface area is 142 Å². The molecule has 0 fully saturated rings. The van der Waals surface area contributed by atoms with Crippen LogP contribution in [-0.4, -0.2) is 45.7 Å². The van der Waals surface area contributed by atoms with Crippen molar-refractivity contribution in [2.75, 3.05) is 33.9 Å². The van der Waals surface area contributed by atoms with Crippen LogP contribution in [0, 0.1) is 5.82 Å². The first kappa shape index (κ1) is 20.7. The standard InChI is InChI=1S/C15H20F4N4O2/c1-20-14(23-9-13(24)21-5-6-25-2)22-8-10-3-4-11(16)7-12(10)15(17,18)19/h3-4,7H,5-6,8-9H2,1-2H3,(H,21,24)(H2,20,22,23). The third kappa shape index (κ3) is 7.38. The van der Waals surface area contributed by atoms with Crippen molar-refractivity contribution in [3.8, 4) is 0 Å². The van der Waals surface area contributed by atoms with Crippen LogP contribution in [0.25, 0.3) is 0 Å². The summed E-state index contributed by atoms with van der Waals surface area (Å²) in [7, 11) is 2.91. The molecule has 0 aliphatic rings. The van der Waals surface area contributed by atoms with Crippen molar-refractivity contribution >= 4 is 11.9 Å². The summed E-state index contributed by atoms with van der Waals surface area (Å²) in [5.74, 6) is -1.15. The molecule has 0 saturated heterocycles. The molecule has 25 heavy (non-hydrogen) atoms. The lowest BCUT2D eigenvalue weighted by molar-refractivity contribution is -0.138. The SMILES string of the molecule is CN=C(NCC(=O)NCCOC)NCc1ccc(F)cc1C(F)(F)F. The van der Waals surface area contributed by atoms with E-state index in [1.165, 1.54) is 14.2 Å². The molecule has 0 heterocycles. The lowest BCUT2D eigenvalue weighted by atomic mass is 10.1. The molecule has 0 aliphatic carbocycles. The molecule has 140 valence electrons. The molecular formula is C15H20F4N4O2. The molecule has 0 aromatic heterocycles. The third-order valence-corrected chi connectivity index (χ3v) is 3.09. The Morgan fingerprint density at radius 3 is 2.56 bits per heavy atom. The van der Waals surface area contributed by atoms with Gasteiger partial charge in [0.1, 0.15) is 5.82 Å². The van der Waals surface area contributed by atoms with Gasteiger partial charge in [0.2, 0.25) is 5.91 Å². The maximum atomic E-state index is 13.1. The Morgan fingerprint density at radius 1 is 1.24 bits per heavy atom. The number of benzene rings is 1. The zero-order valence-corrected chi connectivity index (χ0v) is 13.8. The van der Waals surface area contributed by atoms with Gasteiger partial charge in [-0.15, -0.1) is 0 Å². The molecule has 3 N–H and O–H groups in total. The first-order valence-corrected chi connectivity index (χ1v) is 7.33. The number of alkyl halides is 3. The van der Waals surface area contributed by atoms with Gasteiger partial charge in [0.15, 0.2) is 5.96 Å². The number of hydrogen-bond acceptors (Lipinski definition) is 3. The Bertz CT molecular complexity index is 606. The Hall–Kier alpha value is -2.36. The number of nitrogens with one attached hydrogen (secondary N) is 3. The number of methoxy groups -OCH3 is 1. The number of carbonyl (C=O) groups excluding carboxylic acids is 1. The summed E-state index contributed by atoms with van der Waals surface area (Å²) in [6.45, 7) is 0.357. The number of rotatable bonds is 7. The highest BCUT2D eigenvalue weighted by molar-refractivity contribution is 5.86. The normalized spacial score (nSPS) is 12.0. The number of carbonyl (C=O) groups is 1. The van der Waals surface area contributed by atoms with Crippen LogP contribution in [0.1, 0.15) is 11.1 Å². The number of nitrogens with zero attached hydrogens (tertiary/aromatic N) is 1. The van der Waals surface area contributed by atoms with Gasteiger partial charge in [0.05, 0.1) is 18.7 Å². The average molecular weight is 364 g/mol. The number of halogens is 4. The molecule has 1 rings (SSSR count). The summed E-state index contributed by atoms with van der Waals surface area (Å²) in [5, 5.41) is 7.89. The highest BCUT2D eigenvalue weighted by atomic mass is 19.4. The smallest absolute Gasteiger partial charge is 0.383 e. The summed E-state index contributed by atoms with van der Waals surface area (Å²) in [4.78, 5) is 15.3. The summed E-state index contributed by atoms with van der Waals surface area (Å²) in [6.07, 6.45) is -4.67. The van der Waals surface area contributed by atoms with Crippen molar-refractivity contribution in [1.82, 2.24) is 16.0 Å². The van der Waals surface area contributed by atoms with Crippen LogP contribution < -0.4 is 16.0 Å². The fraction of sp³-hybridized carbons (Fsp3) is 0.467. The average Bonchev–Trinajstić information content (AvgIpc) is 2.55. The fourth-order valence-electron chi connectivity index (χ4n) is 1.89. The second-order valence-corrected chi connectivity index (χ2v) is 4.92. The van der Waals surface area contributed by atoms with E-state index in [1.54, 1.807) is 0 Å². The van der Waals surface area contributed by atoms with Crippen molar-refractivity contribution in [2.24, 2.45) is 4.99 Å². The van der Waals surface area contributed by atoms with Crippen molar-refractivity contribution in [2.45, 2.75) is 12.7 Å². The van der Waals surface area contributed by atoms with Gasteiger partial charge in [0.25, 0.3) is 0 Å². The Kier molecular flexibility index (Phi) is 8.12. The van der Waals surface area contributed by atoms with Crippen LogP contribution in [0.15, 0.2) is 23.2 Å². The first-order valence-electron chi connectivity index (χ1n) is 7.33. The molecule has 1 aromatic carbocycles. The molecule has 0 atom stereocenters. The Balaban J connectivity index is 2.60. The molecule has 0 aliphatic heterocycles. The van der Waals surface area contributed by atoms with E-state index in [1.807, 2.05) is 0 Å². The van der Waals surface area contributed by atoms with Crippen molar-refractivity contribution in [3.63, 3.8) is 0 Å². The summed E-state index contributed by atoms with van der Waals surface area (Å²) >= 11 is 0. The molecule has 0 unspecified atom stereocenters. The topological polar surface area (TPSA) is 74.8 Å². The van der Waals surface area contributed by atoms with E-state index in [0.29, 0.717) is 19.2 Å². The predicted molar refractivity (Wildman–Crippen MR) is 84.5 cm³/mol. The van der Waals surface area contributed by atoms with Gasteiger partial charge >= 0.3 is 6.18 Å². The summed E-state index contributed by atoms with van der Waals surface area (Å²) in [6, 6.07) is 2.44. The molecular weight excluding hydrogens is 344 g/mol. The molecule has 0 radical (unpaired) electrons. The largest absolute Gasteiger partial charge is 0.416 e. The number of hydrogen-bond donors (Lipinski definition) is 3. The van der Waals surface area contributed by atoms with Gasteiger partial charge in [-0.3, -0.25) is 9.79 Å². The number of guanidine groups is 1. The van der Waals surface area contributed by atoms with Crippen LogP contribution in [0.5, 0.6) is 0 Å². The van der Waals surface area contributed by atoms with Crippen LogP contribution in [0.2, 0.25) is 0 Å². The molecule has 0 saturated carbocycles. The van der Waals surface area contributed by atoms with Crippen LogP contribution in [-0.2, 0) is 22.3 Å². The minimum absolute atomic E-state index is 0.112. The minimum atomic E-state index is -4.67. The third-order valence-electron chi connectivity index (χ3n) is 3.09. The summed E-state index contributed by atoms with van der Waals surface area (Å²) in [5.41, 5.74) is -1.20. The Morgan fingerprint density at radius 2 is 1.96 bits per heavy atom. The lowest BCUT2D eigenvalue weighted by Gasteiger charge is -2.16. The van der Waals surface area contributed by atoms with E-state index in [0.717, 1.165) is 12.1 Å². The van der Waals surface area contributed by atoms with Crippen molar-refractivity contribution in [3.05, 3.63) is 35.1 Å². The monoisotopic (exact) mass is 364 g/mol. The van der Waals surface area contributed by atoms with E-state index in [4.69, 9.17) is 4.74 Å². The zero-order valence-electron chi connectivity index (χ0n) is 13.8. The molecule has 1 amide bonds. The fourth-order valence-corrected chi connectivity index (χ4v) is 1.89. The minimum Gasteiger partial charge on any atom is -0.383 e. The molecule has 10 heteroatoms. The summed E-state index contributed by atoms with van der Waals surface area (Å²) < 4.78 is 56.7. The quantitative estimate of drug-likeness (QED) is 0.295. The van der Waals surface area contributed by atoms with Crippen LogP contribution in [0.3, 0.4) is 0 Å². The van der Waals surface area contributed by atoms with E-state index >= 15 is 0 Å². The highest BCUT2D eigenvalue weighted by Crippen LogP contribution is 2.32. The van der Waals surface area contributed by atoms with Gasteiger partial charge in [-0.1, -0.05) is 6.07 Å². The van der Waals surface area contributed by atoms with Gasteiger partial charge < -0.3 is 20.7 Å². The van der Waals surface area contributed by atoms with Crippen LogP contribution >= 0.6 is 0 Å². The number of ether oxygens (including phenoxy) is 1. The van der Waals surface area contributed by atoms with Gasteiger partial charge in [-0.2, -0.15) is 13.2 Å². The predicted octanol–water partition coefficient (Wildman–Crippen LogP) is 1.27. The van der Waals surface area contributed by atoms with E-state index in [9.17, 15) is 22.4 Å². The van der Waals surface area contributed by atoms with Crippen LogP contribution in [0.4, 0.5) is 17.6 Å².